The number of carbonyl (C=O) groups is 2. The van der Waals surface area contributed by atoms with Gasteiger partial charge >= 0.3 is 5.97 Å². The minimum Gasteiger partial charge on any atom is -0.452 e. The van der Waals surface area contributed by atoms with Crippen LogP contribution in [0, 0.1) is 0 Å². The topological polar surface area (TPSA) is 102 Å². The van der Waals surface area contributed by atoms with Crippen LogP contribution in [0.15, 0.2) is 29.2 Å². The molecule has 0 unspecified atom stereocenters. The maximum Gasteiger partial charge on any atom is 0.338 e. The van der Waals surface area contributed by atoms with Gasteiger partial charge in [-0.1, -0.05) is 13.0 Å². The number of rotatable bonds is 7. The Labute approximate surface area is 166 Å². The Hall–Kier alpha value is -1.97. The molecule has 1 heterocycles. The van der Waals surface area contributed by atoms with Gasteiger partial charge < -0.3 is 14.8 Å². The van der Waals surface area contributed by atoms with Crippen LogP contribution in [-0.4, -0.2) is 62.5 Å². The van der Waals surface area contributed by atoms with Crippen molar-refractivity contribution in [3.8, 4) is 0 Å². The van der Waals surface area contributed by atoms with Gasteiger partial charge in [0.25, 0.3) is 5.91 Å². The van der Waals surface area contributed by atoms with Gasteiger partial charge in [-0.25, -0.2) is 13.2 Å². The normalized spacial score (nSPS) is 21.7. The zero-order valence-corrected chi connectivity index (χ0v) is 17.5. The lowest BCUT2D eigenvalue weighted by molar-refractivity contribution is -0.124. The number of sulfonamides is 1. The third kappa shape index (κ3) is 5.76. The lowest BCUT2D eigenvalue weighted by Crippen LogP contribution is -2.48. The van der Waals surface area contributed by atoms with Gasteiger partial charge in [0.2, 0.25) is 10.0 Å². The highest BCUT2D eigenvalue weighted by Crippen LogP contribution is 2.22. The van der Waals surface area contributed by atoms with E-state index in [2.05, 4.69) is 5.32 Å². The molecule has 1 aliphatic heterocycles. The quantitative estimate of drug-likeness (QED) is 0.682. The summed E-state index contributed by atoms with van der Waals surface area (Å²) in [5.41, 5.74) is 0.0757. The summed E-state index contributed by atoms with van der Waals surface area (Å²) in [5, 5.41) is 2.69. The van der Waals surface area contributed by atoms with Crippen LogP contribution in [0.3, 0.4) is 0 Å². The highest BCUT2D eigenvalue weighted by molar-refractivity contribution is 7.89. The molecule has 1 amide bonds. The van der Waals surface area contributed by atoms with Gasteiger partial charge in [-0.2, -0.15) is 4.31 Å². The molecule has 0 aliphatic carbocycles. The molecule has 156 valence electrons. The van der Waals surface area contributed by atoms with Crippen LogP contribution in [0.5, 0.6) is 0 Å². The molecule has 1 aliphatic rings. The first-order valence-corrected chi connectivity index (χ1v) is 10.8. The average Bonchev–Trinajstić information content (AvgIpc) is 2.65. The summed E-state index contributed by atoms with van der Waals surface area (Å²) in [6, 6.07) is 5.63. The van der Waals surface area contributed by atoms with Gasteiger partial charge in [-0.15, -0.1) is 0 Å². The van der Waals surface area contributed by atoms with Gasteiger partial charge in [0, 0.05) is 19.1 Å². The predicted octanol–water partition coefficient (Wildman–Crippen LogP) is 1.56. The van der Waals surface area contributed by atoms with Crippen LogP contribution in [-0.2, 0) is 24.3 Å². The molecule has 0 radical (unpaired) electrons. The molecule has 1 saturated heterocycles. The van der Waals surface area contributed by atoms with E-state index in [1.807, 2.05) is 27.7 Å². The van der Waals surface area contributed by atoms with Crippen molar-refractivity contribution in [2.24, 2.45) is 0 Å². The van der Waals surface area contributed by atoms with E-state index in [0.29, 0.717) is 0 Å². The minimum absolute atomic E-state index is 0.00677. The lowest BCUT2D eigenvalue weighted by Gasteiger charge is -2.34. The van der Waals surface area contributed by atoms with Crippen molar-refractivity contribution in [2.75, 3.05) is 19.7 Å². The maximum absolute atomic E-state index is 12.9. The van der Waals surface area contributed by atoms with E-state index in [0.717, 1.165) is 6.42 Å². The summed E-state index contributed by atoms with van der Waals surface area (Å²) in [7, 11) is -3.77. The molecule has 1 N–H and O–H groups in total. The van der Waals surface area contributed by atoms with Crippen molar-refractivity contribution < 1.29 is 27.5 Å². The van der Waals surface area contributed by atoms with E-state index in [-0.39, 0.29) is 41.8 Å². The molecule has 1 aromatic carbocycles. The predicted molar refractivity (Wildman–Crippen MR) is 103 cm³/mol. The zero-order chi connectivity index (χ0) is 20.9. The monoisotopic (exact) mass is 412 g/mol. The van der Waals surface area contributed by atoms with Gasteiger partial charge in [0.05, 0.1) is 22.7 Å². The largest absolute Gasteiger partial charge is 0.452 e. The molecule has 3 atom stereocenters. The standard InChI is InChI=1S/C19H28N2O6S/c1-5-13(2)20-18(22)12-26-19(23)16-7-6-8-17(9-16)28(24,25)21-10-14(3)27-15(4)11-21/h6-9,13-15H,5,10-12H2,1-4H3,(H,20,22)/t13-,14-,15+/m1/s1. The number of morpholine rings is 1. The summed E-state index contributed by atoms with van der Waals surface area (Å²) < 4.78 is 37.8. The van der Waals surface area contributed by atoms with Crippen molar-refractivity contribution in [3.05, 3.63) is 29.8 Å². The van der Waals surface area contributed by atoms with Gasteiger partial charge in [0.1, 0.15) is 0 Å². The molecule has 2 rings (SSSR count). The van der Waals surface area contributed by atoms with E-state index in [1.54, 1.807) is 0 Å². The number of esters is 1. The number of hydrogen-bond donors (Lipinski definition) is 1. The van der Waals surface area contributed by atoms with Crippen LogP contribution in [0.25, 0.3) is 0 Å². The van der Waals surface area contributed by atoms with E-state index in [4.69, 9.17) is 9.47 Å². The molecule has 0 bridgehead atoms. The molecular weight excluding hydrogens is 384 g/mol. The van der Waals surface area contributed by atoms with Gasteiger partial charge in [-0.05, 0) is 45.4 Å². The first kappa shape index (κ1) is 22.3. The van der Waals surface area contributed by atoms with Gasteiger partial charge in [0.15, 0.2) is 6.61 Å². The van der Waals surface area contributed by atoms with Crippen molar-refractivity contribution >= 4 is 21.9 Å². The summed E-state index contributed by atoms with van der Waals surface area (Å²) >= 11 is 0. The Morgan fingerprint density at radius 2 is 1.93 bits per heavy atom. The van der Waals surface area contributed by atoms with Crippen LogP contribution in [0.2, 0.25) is 0 Å². The van der Waals surface area contributed by atoms with Crippen molar-refractivity contribution in [1.29, 1.82) is 0 Å². The highest BCUT2D eigenvalue weighted by atomic mass is 32.2. The second-order valence-corrected chi connectivity index (χ2v) is 9.00. The van der Waals surface area contributed by atoms with Crippen LogP contribution >= 0.6 is 0 Å². The average molecular weight is 413 g/mol. The molecule has 0 aromatic heterocycles. The fourth-order valence-electron chi connectivity index (χ4n) is 2.89. The smallest absolute Gasteiger partial charge is 0.338 e. The Kier molecular flexibility index (Phi) is 7.56. The number of nitrogens with one attached hydrogen (secondary N) is 1. The summed E-state index contributed by atoms with van der Waals surface area (Å²) in [4.78, 5) is 24.0. The summed E-state index contributed by atoms with van der Waals surface area (Å²) in [6.45, 7) is 7.49. The molecule has 9 heteroatoms. The van der Waals surface area contributed by atoms with Crippen molar-refractivity contribution in [3.63, 3.8) is 0 Å². The van der Waals surface area contributed by atoms with Crippen LogP contribution in [0.4, 0.5) is 0 Å². The highest BCUT2D eigenvalue weighted by Gasteiger charge is 2.32. The number of ether oxygens (including phenoxy) is 2. The summed E-state index contributed by atoms with van der Waals surface area (Å²) in [6.07, 6.45) is 0.338. The fourth-order valence-corrected chi connectivity index (χ4v) is 4.53. The Morgan fingerprint density at radius 1 is 1.29 bits per heavy atom. The number of benzene rings is 1. The second-order valence-electron chi connectivity index (χ2n) is 7.06. The van der Waals surface area contributed by atoms with Gasteiger partial charge in [-0.3, -0.25) is 4.79 Å². The van der Waals surface area contributed by atoms with Crippen LogP contribution < -0.4 is 5.32 Å². The molecule has 0 spiro atoms. The molecule has 8 nitrogen and oxygen atoms in total. The Bertz CT molecular complexity index is 800. The number of hydrogen-bond acceptors (Lipinski definition) is 6. The van der Waals surface area contributed by atoms with Crippen molar-refractivity contribution in [1.82, 2.24) is 9.62 Å². The second kappa shape index (κ2) is 9.49. The zero-order valence-electron chi connectivity index (χ0n) is 16.7. The molecule has 1 aromatic rings. The third-order valence-corrected chi connectivity index (χ3v) is 6.28. The van der Waals surface area contributed by atoms with Crippen LogP contribution in [0.1, 0.15) is 44.5 Å². The molecule has 28 heavy (non-hydrogen) atoms. The molecule has 0 saturated carbocycles. The SMILES string of the molecule is CC[C@@H](C)NC(=O)COC(=O)c1cccc(S(=O)(=O)N2C[C@@H](C)O[C@@H](C)C2)c1. The molecular formula is C19H28N2O6S. The van der Waals surface area contributed by atoms with E-state index >= 15 is 0 Å². The number of nitrogens with zero attached hydrogens (tertiary/aromatic N) is 1. The number of amides is 1. The number of carbonyl (C=O) groups excluding carboxylic acids is 2. The molecule has 1 fully saturated rings. The van der Waals surface area contributed by atoms with E-state index < -0.39 is 28.5 Å². The fraction of sp³-hybridized carbons (Fsp3) is 0.579. The Morgan fingerprint density at radius 3 is 2.54 bits per heavy atom. The van der Waals surface area contributed by atoms with E-state index in [9.17, 15) is 18.0 Å². The van der Waals surface area contributed by atoms with E-state index in [1.165, 1.54) is 28.6 Å². The Balaban J connectivity index is 2.08. The first-order chi connectivity index (χ1) is 13.1. The lowest BCUT2D eigenvalue weighted by atomic mass is 10.2. The first-order valence-electron chi connectivity index (χ1n) is 9.35. The maximum atomic E-state index is 12.9. The summed E-state index contributed by atoms with van der Waals surface area (Å²) in [5.74, 6) is -1.15. The third-order valence-electron chi connectivity index (χ3n) is 4.45. The van der Waals surface area contributed by atoms with Crippen molar-refractivity contribution in [2.45, 2.75) is 57.3 Å². The minimum atomic E-state index is -3.77.